The molecule has 0 radical (unpaired) electrons. The molecule has 1 N–H and O–H groups in total. The third-order valence-electron chi connectivity index (χ3n) is 2.64. The van der Waals surface area contributed by atoms with Crippen LogP contribution in [0.3, 0.4) is 0 Å². The van der Waals surface area contributed by atoms with Gasteiger partial charge in [-0.05, 0) is 25.3 Å². The average Bonchev–Trinajstić information content (AvgIpc) is 2.38. The summed E-state index contributed by atoms with van der Waals surface area (Å²) in [4.78, 5) is 12.4. The Labute approximate surface area is 102 Å². The third kappa shape index (κ3) is 4.68. The van der Waals surface area contributed by atoms with Crippen LogP contribution in [0.15, 0.2) is 35.4 Å². The summed E-state index contributed by atoms with van der Waals surface area (Å²) in [6.45, 7) is 2.01. The molecule has 0 bridgehead atoms. The van der Waals surface area contributed by atoms with E-state index in [-0.39, 0.29) is 6.04 Å². The zero-order chi connectivity index (χ0) is 12.5. The van der Waals surface area contributed by atoms with Crippen LogP contribution in [-0.4, -0.2) is 30.7 Å². The van der Waals surface area contributed by atoms with Crippen molar-refractivity contribution in [3.63, 3.8) is 0 Å². The number of hydrazone groups is 1. The predicted molar refractivity (Wildman–Crippen MR) is 69.7 cm³/mol. The van der Waals surface area contributed by atoms with Gasteiger partial charge in [0.15, 0.2) is 0 Å². The van der Waals surface area contributed by atoms with Crippen molar-refractivity contribution < 1.29 is 4.79 Å². The maximum absolute atomic E-state index is 10.9. The number of amides is 1. The first-order valence-electron chi connectivity index (χ1n) is 5.74. The molecule has 1 rings (SSSR count). The quantitative estimate of drug-likeness (QED) is 0.337. The van der Waals surface area contributed by atoms with Crippen molar-refractivity contribution in [2.24, 2.45) is 5.10 Å². The lowest BCUT2D eigenvalue weighted by molar-refractivity contribution is -0.115. The van der Waals surface area contributed by atoms with Gasteiger partial charge in [-0.1, -0.05) is 30.3 Å². The summed E-state index contributed by atoms with van der Waals surface area (Å²) in [5.41, 5.74) is 3.92. The fraction of sp³-hybridized carbons (Fsp3) is 0.385. The number of rotatable bonds is 7. The van der Waals surface area contributed by atoms with Gasteiger partial charge in [0.2, 0.25) is 6.41 Å². The largest absolute Gasteiger partial charge is 0.312 e. The topological polar surface area (TPSA) is 44.7 Å². The van der Waals surface area contributed by atoms with Gasteiger partial charge in [0.1, 0.15) is 6.34 Å². The Bertz CT molecular complexity index is 351. The van der Waals surface area contributed by atoms with E-state index in [0.29, 0.717) is 0 Å². The summed E-state index contributed by atoms with van der Waals surface area (Å²) in [5.74, 6) is 0. The van der Waals surface area contributed by atoms with E-state index in [2.05, 4.69) is 22.7 Å². The van der Waals surface area contributed by atoms with Crippen LogP contribution in [-0.2, 0) is 11.2 Å². The van der Waals surface area contributed by atoms with Crippen LogP contribution in [0, 0.1) is 0 Å². The minimum absolute atomic E-state index is 0.143. The molecule has 0 aliphatic heterocycles. The first-order chi connectivity index (χ1) is 8.27. The molecule has 0 aliphatic rings. The number of hydrogen-bond donors (Lipinski definition) is 1. The normalized spacial score (nSPS) is 12.4. The molecule has 0 heterocycles. The molecule has 4 heteroatoms. The molecule has 17 heavy (non-hydrogen) atoms. The second kappa shape index (κ2) is 7.44. The SMILES string of the molecule is CN/N=C\N(C=O)C(C)CCc1ccccc1. The Hall–Kier alpha value is -1.84. The predicted octanol–water partition coefficient (Wildman–Crippen LogP) is 1.63. The maximum atomic E-state index is 10.9. The fourth-order valence-electron chi connectivity index (χ4n) is 1.54. The van der Waals surface area contributed by atoms with Gasteiger partial charge in [0, 0.05) is 13.1 Å². The number of carbonyl (C=O) groups is 1. The molecule has 0 saturated heterocycles. The molecule has 0 saturated carbocycles. The summed E-state index contributed by atoms with van der Waals surface area (Å²) in [5, 5.41) is 3.84. The summed E-state index contributed by atoms with van der Waals surface area (Å²) >= 11 is 0. The molecular formula is C13H19N3O. The lowest BCUT2D eigenvalue weighted by Crippen LogP contribution is -2.31. The van der Waals surface area contributed by atoms with Crippen LogP contribution >= 0.6 is 0 Å². The Balaban J connectivity index is 2.45. The van der Waals surface area contributed by atoms with Crippen molar-refractivity contribution in [2.45, 2.75) is 25.8 Å². The average molecular weight is 233 g/mol. The molecule has 1 aromatic carbocycles. The smallest absolute Gasteiger partial charge is 0.215 e. The molecule has 0 spiro atoms. The number of carbonyl (C=O) groups excluding carboxylic acids is 1. The molecule has 4 nitrogen and oxygen atoms in total. The van der Waals surface area contributed by atoms with Crippen LogP contribution in [0.25, 0.3) is 0 Å². The number of nitrogens with zero attached hydrogens (tertiary/aromatic N) is 2. The molecule has 0 aromatic heterocycles. The van der Waals surface area contributed by atoms with Crippen molar-refractivity contribution in [1.82, 2.24) is 10.3 Å². The highest BCUT2D eigenvalue weighted by Gasteiger charge is 2.09. The van der Waals surface area contributed by atoms with Gasteiger partial charge in [-0.2, -0.15) is 5.10 Å². The molecule has 92 valence electrons. The molecule has 0 aliphatic carbocycles. The van der Waals surface area contributed by atoms with Gasteiger partial charge in [-0.3, -0.25) is 4.79 Å². The van der Waals surface area contributed by atoms with Crippen LogP contribution < -0.4 is 5.43 Å². The number of hydrogen-bond acceptors (Lipinski definition) is 3. The number of benzene rings is 1. The van der Waals surface area contributed by atoms with Gasteiger partial charge in [0.25, 0.3) is 0 Å². The van der Waals surface area contributed by atoms with Crippen LogP contribution in [0.5, 0.6) is 0 Å². The van der Waals surface area contributed by atoms with Crippen molar-refractivity contribution in [3.8, 4) is 0 Å². The molecule has 0 fully saturated rings. The fourth-order valence-corrected chi connectivity index (χ4v) is 1.54. The molecule has 1 unspecified atom stereocenters. The van der Waals surface area contributed by atoms with E-state index in [9.17, 15) is 4.79 Å². The van der Waals surface area contributed by atoms with Crippen LogP contribution in [0.1, 0.15) is 18.9 Å². The van der Waals surface area contributed by atoms with Crippen LogP contribution in [0.2, 0.25) is 0 Å². The standard InChI is InChI=1S/C13H19N3O/c1-12(16(11-17)10-15-14-2)8-9-13-6-4-3-5-7-13/h3-7,10-12,14H,8-9H2,1-2H3/b15-10-. The minimum Gasteiger partial charge on any atom is -0.312 e. The van der Waals surface area contributed by atoms with Crippen molar-refractivity contribution in [3.05, 3.63) is 35.9 Å². The lowest BCUT2D eigenvalue weighted by atomic mass is 10.1. The van der Waals surface area contributed by atoms with Gasteiger partial charge in [0.05, 0.1) is 0 Å². The molecule has 1 atom stereocenters. The summed E-state index contributed by atoms with van der Waals surface area (Å²) in [7, 11) is 1.70. The summed E-state index contributed by atoms with van der Waals surface area (Å²) in [6.07, 6.45) is 4.19. The van der Waals surface area contributed by atoms with E-state index < -0.39 is 0 Å². The number of nitrogens with one attached hydrogen (secondary N) is 1. The Morgan fingerprint density at radius 2 is 2.12 bits per heavy atom. The highest BCUT2D eigenvalue weighted by Crippen LogP contribution is 2.07. The number of aryl methyl sites for hydroxylation is 1. The summed E-state index contributed by atoms with van der Waals surface area (Å²) in [6, 6.07) is 10.4. The van der Waals surface area contributed by atoms with Gasteiger partial charge < -0.3 is 10.3 Å². The van der Waals surface area contributed by atoms with E-state index in [1.165, 1.54) is 11.9 Å². The molecule has 1 amide bonds. The van der Waals surface area contributed by atoms with Crippen LogP contribution in [0.4, 0.5) is 0 Å². The zero-order valence-corrected chi connectivity index (χ0v) is 10.3. The first kappa shape index (κ1) is 13.2. The van der Waals surface area contributed by atoms with E-state index >= 15 is 0 Å². The van der Waals surface area contributed by atoms with E-state index in [1.807, 2.05) is 25.1 Å². The maximum Gasteiger partial charge on any atom is 0.215 e. The molecule has 1 aromatic rings. The van der Waals surface area contributed by atoms with Gasteiger partial charge in [-0.15, -0.1) is 0 Å². The van der Waals surface area contributed by atoms with E-state index in [1.54, 1.807) is 11.9 Å². The Morgan fingerprint density at radius 1 is 1.41 bits per heavy atom. The van der Waals surface area contributed by atoms with Crippen molar-refractivity contribution >= 4 is 12.7 Å². The van der Waals surface area contributed by atoms with Gasteiger partial charge >= 0.3 is 0 Å². The van der Waals surface area contributed by atoms with Gasteiger partial charge in [-0.25, -0.2) is 0 Å². The molecular weight excluding hydrogens is 214 g/mol. The first-order valence-corrected chi connectivity index (χ1v) is 5.74. The van der Waals surface area contributed by atoms with Crippen molar-refractivity contribution in [1.29, 1.82) is 0 Å². The highest BCUT2D eigenvalue weighted by molar-refractivity contribution is 5.72. The second-order valence-corrected chi connectivity index (χ2v) is 3.89. The minimum atomic E-state index is 0.143. The lowest BCUT2D eigenvalue weighted by Gasteiger charge is -2.20. The van der Waals surface area contributed by atoms with E-state index in [4.69, 9.17) is 0 Å². The third-order valence-corrected chi connectivity index (χ3v) is 2.64. The Morgan fingerprint density at radius 3 is 2.71 bits per heavy atom. The summed E-state index contributed by atoms with van der Waals surface area (Å²) < 4.78 is 0. The zero-order valence-electron chi connectivity index (χ0n) is 10.3. The monoisotopic (exact) mass is 233 g/mol. The second-order valence-electron chi connectivity index (χ2n) is 3.89. The Kier molecular flexibility index (Phi) is 5.79. The van der Waals surface area contributed by atoms with Crippen molar-refractivity contribution in [2.75, 3.05) is 7.05 Å². The van der Waals surface area contributed by atoms with E-state index in [0.717, 1.165) is 19.3 Å². The highest BCUT2D eigenvalue weighted by atomic mass is 16.1.